The van der Waals surface area contributed by atoms with Crippen LogP contribution in [-0.4, -0.2) is 34.0 Å². The van der Waals surface area contributed by atoms with Gasteiger partial charge in [0.1, 0.15) is 11.9 Å². The predicted octanol–water partition coefficient (Wildman–Crippen LogP) is 2.69. The van der Waals surface area contributed by atoms with Crippen molar-refractivity contribution in [2.45, 2.75) is 25.8 Å². The Morgan fingerprint density at radius 3 is 2.86 bits per heavy atom. The van der Waals surface area contributed by atoms with Gasteiger partial charge in [0.2, 0.25) is 5.91 Å². The summed E-state index contributed by atoms with van der Waals surface area (Å²) in [4.78, 5) is 18.5. The molecule has 6 heteroatoms. The largest absolute Gasteiger partial charge is 0.344 e. The lowest BCUT2D eigenvalue weighted by Gasteiger charge is -2.22. The van der Waals surface area contributed by atoms with E-state index in [2.05, 4.69) is 11.1 Å². The van der Waals surface area contributed by atoms with Crippen LogP contribution in [0.3, 0.4) is 0 Å². The van der Waals surface area contributed by atoms with Crippen molar-refractivity contribution in [1.82, 2.24) is 14.5 Å². The second-order valence-electron chi connectivity index (χ2n) is 4.88. The number of imidazole rings is 1. The molecule has 0 aliphatic rings. The average molecular weight is 305 g/mol. The molecule has 0 spiro atoms. The van der Waals surface area contributed by atoms with Crippen LogP contribution in [0, 0.1) is 11.3 Å². The zero-order valence-electron chi connectivity index (χ0n) is 12.3. The minimum absolute atomic E-state index is 0.00877. The minimum atomic E-state index is -0.414. The summed E-state index contributed by atoms with van der Waals surface area (Å²) in [6, 6.07) is 6.93. The molecule has 0 N–H and O–H groups in total. The number of aromatic nitrogens is 2. The van der Waals surface area contributed by atoms with Gasteiger partial charge in [-0.1, -0.05) is 0 Å². The van der Waals surface area contributed by atoms with Crippen molar-refractivity contribution in [2.24, 2.45) is 0 Å². The lowest BCUT2D eigenvalue weighted by Crippen LogP contribution is -2.33. The number of fused-ring (bicyclic) bond motifs is 1. The molecule has 1 amide bonds. The predicted molar refractivity (Wildman–Crippen MR) is 82.0 cm³/mol. The van der Waals surface area contributed by atoms with E-state index in [1.54, 1.807) is 30.1 Å². The van der Waals surface area contributed by atoms with E-state index in [9.17, 15) is 4.79 Å². The van der Waals surface area contributed by atoms with E-state index in [-0.39, 0.29) is 11.8 Å². The van der Waals surface area contributed by atoms with Gasteiger partial charge in [-0.15, -0.1) is 11.6 Å². The number of amides is 1. The molecule has 1 heterocycles. The smallest absolute Gasteiger partial charge is 0.245 e. The van der Waals surface area contributed by atoms with Gasteiger partial charge in [0, 0.05) is 13.6 Å². The molecule has 1 atom stereocenters. The molecule has 21 heavy (non-hydrogen) atoms. The summed E-state index contributed by atoms with van der Waals surface area (Å²) in [7, 11) is 1.76. The number of hydrogen-bond acceptors (Lipinski definition) is 3. The second kappa shape index (κ2) is 6.15. The molecular formula is C15H17ClN4O. The topological polar surface area (TPSA) is 61.9 Å². The first-order valence-corrected chi connectivity index (χ1v) is 7.28. The van der Waals surface area contributed by atoms with Crippen molar-refractivity contribution in [3.63, 3.8) is 0 Å². The van der Waals surface area contributed by atoms with Crippen LogP contribution in [-0.2, 0) is 10.7 Å². The molecule has 1 aromatic carbocycles. The molecule has 0 saturated heterocycles. The van der Waals surface area contributed by atoms with Gasteiger partial charge in [-0.3, -0.25) is 4.79 Å². The van der Waals surface area contributed by atoms with Crippen LogP contribution in [0.5, 0.6) is 0 Å². The van der Waals surface area contributed by atoms with Gasteiger partial charge in [0.25, 0.3) is 0 Å². The first kappa shape index (κ1) is 15.3. The lowest BCUT2D eigenvalue weighted by molar-refractivity contribution is -0.132. The summed E-state index contributed by atoms with van der Waals surface area (Å²) in [5, 5.41) is 9.05. The summed E-state index contributed by atoms with van der Waals surface area (Å²) in [5.41, 5.74) is 2.03. The van der Waals surface area contributed by atoms with E-state index in [4.69, 9.17) is 16.9 Å². The van der Waals surface area contributed by atoms with Crippen LogP contribution in [0.1, 0.15) is 31.3 Å². The van der Waals surface area contributed by atoms with Gasteiger partial charge in [0.15, 0.2) is 0 Å². The van der Waals surface area contributed by atoms with E-state index in [0.717, 1.165) is 11.0 Å². The highest BCUT2D eigenvalue weighted by atomic mass is 35.5. The molecule has 0 saturated carbocycles. The lowest BCUT2D eigenvalue weighted by atomic mass is 10.2. The number of likely N-dealkylation sites (N-methyl/N-ethyl adjacent to an activating group) is 1. The highest BCUT2D eigenvalue weighted by Gasteiger charge is 2.23. The van der Waals surface area contributed by atoms with E-state index in [1.807, 2.05) is 18.4 Å². The molecule has 110 valence electrons. The normalized spacial score (nSPS) is 12.1. The first-order chi connectivity index (χ1) is 10.0. The summed E-state index contributed by atoms with van der Waals surface area (Å²) >= 11 is 5.97. The van der Waals surface area contributed by atoms with Crippen LogP contribution >= 0.6 is 11.6 Å². The quantitative estimate of drug-likeness (QED) is 0.816. The summed E-state index contributed by atoms with van der Waals surface area (Å²) in [5.74, 6) is 0.835. The van der Waals surface area contributed by atoms with E-state index < -0.39 is 6.04 Å². The average Bonchev–Trinajstić information content (AvgIpc) is 2.89. The number of nitriles is 1. The minimum Gasteiger partial charge on any atom is -0.344 e. The summed E-state index contributed by atoms with van der Waals surface area (Å²) in [6.07, 6.45) is 0. The molecule has 0 fully saturated rings. The van der Waals surface area contributed by atoms with Gasteiger partial charge in [-0.2, -0.15) is 5.26 Å². The van der Waals surface area contributed by atoms with Crippen molar-refractivity contribution < 1.29 is 4.79 Å². The second-order valence-corrected chi connectivity index (χ2v) is 5.14. The summed E-state index contributed by atoms with van der Waals surface area (Å²) in [6.45, 7) is 4.38. The monoisotopic (exact) mass is 304 g/mol. The fourth-order valence-corrected chi connectivity index (χ4v) is 2.51. The summed E-state index contributed by atoms with van der Waals surface area (Å²) < 4.78 is 1.82. The van der Waals surface area contributed by atoms with Crippen LogP contribution < -0.4 is 0 Å². The zero-order chi connectivity index (χ0) is 15.6. The maximum atomic E-state index is 12.4. The molecule has 1 unspecified atom stereocenters. The molecular weight excluding hydrogens is 288 g/mol. The number of carbonyl (C=O) groups is 1. The molecule has 1 aromatic heterocycles. The van der Waals surface area contributed by atoms with Gasteiger partial charge in [-0.05, 0) is 32.0 Å². The Kier molecular flexibility index (Phi) is 4.49. The van der Waals surface area contributed by atoms with Crippen molar-refractivity contribution in [2.75, 3.05) is 13.6 Å². The Bertz CT molecular complexity index is 716. The standard InChI is InChI=1S/C15H17ClN4O/c1-4-19(3)15(21)10(2)20-13-7-11(9-17)5-6-12(13)18-14(20)8-16/h5-7,10H,4,8H2,1-3H3. The fraction of sp³-hybridized carbons (Fsp3) is 0.400. The Morgan fingerprint density at radius 2 is 2.29 bits per heavy atom. The van der Waals surface area contributed by atoms with Crippen molar-refractivity contribution in [3.05, 3.63) is 29.6 Å². The third-order valence-electron chi connectivity index (χ3n) is 3.61. The highest BCUT2D eigenvalue weighted by molar-refractivity contribution is 6.17. The molecule has 0 aliphatic carbocycles. The highest BCUT2D eigenvalue weighted by Crippen LogP contribution is 2.24. The number of rotatable bonds is 4. The Morgan fingerprint density at radius 1 is 1.57 bits per heavy atom. The van der Waals surface area contributed by atoms with Crippen molar-refractivity contribution in [3.8, 4) is 6.07 Å². The Balaban J connectivity index is 2.60. The molecule has 0 bridgehead atoms. The van der Waals surface area contributed by atoms with Crippen molar-refractivity contribution in [1.29, 1.82) is 5.26 Å². The van der Waals surface area contributed by atoms with Gasteiger partial charge >= 0.3 is 0 Å². The van der Waals surface area contributed by atoms with Gasteiger partial charge < -0.3 is 9.47 Å². The maximum absolute atomic E-state index is 12.4. The maximum Gasteiger partial charge on any atom is 0.245 e. The van der Waals surface area contributed by atoms with E-state index >= 15 is 0 Å². The first-order valence-electron chi connectivity index (χ1n) is 6.75. The number of carbonyl (C=O) groups excluding carboxylic acids is 1. The third kappa shape index (κ3) is 2.72. The Labute approximate surface area is 128 Å². The molecule has 0 aliphatic heterocycles. The number of nitrogens with zero attached hydrogens (tertiary/aromatic N) is 4. The fourth-order valence-electron chi connectivity index (χ4n) is 2.32. The molecule has 2 aromatic rings. The van der Waals surface area contributed by atoms with Crippen LogP contribution in [0.15, 0.2) is 18.2 Å². The van der Waals surface area contributed by atoms with Crippen LogP contribution in [0.25, 0.3) is 11.0 Å². The number of halogens is 1. The van der Waals surface area contributed by atoms with Crippen LogP contribution in [0.4, 0.5) is 0 Å². The molecule has 2 rings (SSSR count). The zero-order valence-corrected chi connectivity index (χ0v) is 13.1. The van der Waals surface area contributed by atoms with Gasteiger partial charge in [-0.25, -0.2) is 4.98 Å². The molecule has 0 radical (unpaired) electrons. The van der Waals surface area contributed by atoms with Gasteiger partial charge in [0.05, 0.1) is 28.5 Å². The number of benzene rings is 1. The van der Waals surface area contributed by atoms with Crippen LogP contribution in [0.2, 0.25) is 0 Å². The molecule has 5 nitrogen and oxygen atoms in total. The van der Waals surface area contributed by atoms with E-state index in [1.165, 1.54) is 0 Å². The Hall–Kier alpha value is -2.06. The SMILES string of the molecule is CCN(C)C(=O)C(C)n1c(CCl)nc2ccc(C#N)cc21. The van der Waals surface area contributed by atoms with Crippen molar-refractivity contribution >= 4 is 28.5 Å². The third-order valence-corrected chi connectivity index (χ3v) is 3.85. The number of alkyl halides is 1. The van der Waals surface area contributed by atoms with E-state index in [0.29, 0.717) is 17.9 Å². The number of hydrogen-bond donors (Lipinski definition) is 0.